The smallest absolute Gasteiger partial charge is 1.00 e. The first-order chi connectivity index (χ1) is 4.54. The van der Waals surface area contributed by atoms with Gasteiger partial charge in [0, 0.05) is 23.5 Å². The van der Waals surface area contributed by atoms with Crippen molar-refractivity contribution in [1.82, 2.24) is 0 Å². The van der Waals surface area contributed by atoms with Crippen LogP contribution >= 0.6 is 0 Å². The Balaban J connectivity index is -0.000000135. The van der Waals surface area contributed by atoms with Gasteiger partial charge < -0.3 is 17.4 Å². The predicted molar refractivity (Wildman–Crippen MR) is 33.6 cm³/mol. The van der Waals surface area contributed by atoms with Crippen LogP contribution in [0.3, 0.4) is 0 Å². The Labute approximate surface area is 104 Å². The molecular formula is C5H10FeNNaO4. The van der Waals surface area contributed by atoms with Crippen LogP contribution in [-0.2, 0) is 26.7 Å². The first-order valence-electron chi connectivity index (χ1n) is 2.74. The van der Waals surface area contributed by atoms with E-state index in [1.807, 2.05) is 0 Å². The normalized spacial score (nSPS) is 10.4. The van der Waals surface area contributed by atoms with Crippen molar-refractivity contribution in [2.24, 2.45) is 5.73 Å². The number of rotatable bonds is 4. The summed E-state index contributed by atoms with van der Waals surface area (Å²) in [5.41, 5.74) is 5.00. The van der Waals surface area contributed by atoms with E-state index in [-0.39, 0.29) is 60.9 Å². The Bertz CT molecular complexity index is 159. The van der Waals surface area contributed by atoms with Crippen LogP contribution in [0.15, 0.2) is 0 Å². The number of nitrogens with two attached hydrogens (primary N) is 1. The molecule has 0 aliphatic heterocycles. The summed E-state index contributed by atoms with van der Waals surface area (Å²) in [6.07, 6.45) is -0.224. The van der Waals surface area contributed by atoms with E-state index in [2.05, 4.69) is 0 Å². The Morgan fingerprint density at radius 2 is 1.83 bits per heavy atom. The van der Waals surface area contributed by atoms with Crippen LogP contribution < -0.4 is 35.3 Å². The van der Waals surface area contributed by atoms with Gasteiger partial charge in [-0.3, -0.25) is 9.59 Å². The van der Waals surface area contributed by atoms with Crippen molar-refractivity contribution in [2.75, 3.05) is 0 Å². The molecule has 0 saturated heterocycles. The molecule has 0 aromatic heterocycles. The zero-order valence-corrected chi connectivity index (χ0v) is 9.74. The molecule has 1 atom stereocenters. The molecule has 12 heavy (non-hydrogen) atoms. The Kier molecular flexibility index (Phi) is 14.5. The molecule has 68 valence electrons. The summed E-state index contributed by atoms with van der Waals surface area (Å²) in [5.74, 6) is -2.20. The molecular weight excluding hydrogens is 217 g/mol. The number of carboxylic acids is 2. The molecule has 0 aliphatic carbocycles. The van der Waals surface area contributed by atoms with E-state index in [0.717, 1.165) is 0 Å². The van der Waals surface area contributed by atoms with Gasteiger partial charge in [0.2, 0.25) is 0 Å². The average Bonchev–Trinajstić information content (AvgIpc) is 1.82. The summed E-state index contributed by atoms with van der Waals surface area (Å²) in [5, 5.41) is 16.3. The van der Waals surface area contributed by atoms with Gasteiger partial charge >= 0.3 is 41.5 Å². The minimum atomic E-state index is -1.17. The van der Waals surface area contributed by atoms with E-state index < -0.39 is 18.0 Å². The zero-order chi connectivity index (χ0) is 8.15. The molecule has 5 nitrogen and oxygen atoms in total. The molecule has 0 heterocycles. The quantitative estimate of drug-likeness (QED) is 0.430. The van der Waals surface area contributed by atoms with Gasteiger partial charge in [-0.25, -0.2) is 0 Å². The Morgan fingerprint density at radius 1 is 1.42 bits per heavy atom. The molecule has 7 heteroatoms. The van der Waals surface area contributed by atoms with Crippen LogP contribution in [-0.4, -0.2) is 28.2 Å². The maximum atomic E-state index is 9.99. The molecule has 0 bridgehead atoms. The third-order valence-corrected chi connectivity index (χ3v) is 0.986. The topological polar surface area (TPSA) is 101 Å². The minimum absolute atomic E-state index is 0. The summed E-state index contributed by atoms with van der Waals surface area (Å²) in [4.78, 5) is 19.9. The van der Waals surface area contributed by atoms with Crippen molar-refractivity contribution in [3.63, 3.8) is 0 Å². The van der Waals surface area contributed by atoms with Crippen LogP contribution in [0.4, 0.5) is 0 Å². The third-order valence-electron chi connectivity index (χ3n) is 0.986. The minimum Gasteiger partial charge on any atom is -1.00 e. The standard InChI is InChI=1S/C5H9NO4.Fe.Na.H/c6-3(5(9)10)1-2-4(7)8;;;/h3H,1-2,6H2,(H,7,8)(H,9,10);;;/q;;+1;-1. The monoisotopic (exact) mass is 227 g/mol. The van der Waals surface area contributed by atoms with Gasteiger partial charge in [-0.15, -0.1) is 0 Å². The second kappa shape index (κ2) is 9.51. The van der Waals surface area contributed by atoms with E-state index in [1.54, 1.807) is 0 Å². The number of hydrogen-bond donors (Lipinski definition) is 3. The molecule has 0 saturated carbocycles. The maximum absolute atomic E-state index is 9.99. The SMILES string of the molecule is NC(CCC(=O)O)C(=O)O.[Fe].[H-].[Na+]. The number of carbonyl (C=O) groups is 2. The maximum Gasteiger partial charge on any atom is 1.00 e. The van der Waals surface area contributed by atoms with Crippen LogP contribution in [0, 0.1) is 0 Å². The number of carboxylic acid groups (broad SMARTS) is 2. The molecule has 0 aromatic carbocycles. The molecule has 0 fully saturated rings. The van der Waals surface area contributed by atoms with Crippen LogP contribution in [0.5, 0.6) is 0 Å². The molecule has 1 unspecified atom stereocenters. The van der Waals surface area contributed by atoms with E-state index in [4.69, 9.17) is 15.9 Å². The van der Waals surface area contributed by atoms with Gasteiger partial charge in [0.1, 0.15) is 6.04 Å². The van der Waals surface area contributed by atoms with E-state index >= 15 is 0 Å². The van der Waals surface area contributed by atoms with Crippen molar-refractivity contribution in [3.8, 4) is 0 Å². The van der Waals surface area contributed by atoms with Crippen LogP contribution in [0.25, 0.3) is 0 Å². The first-order valence-corrected chi connectivity index (χ1v) is 2.74. The summed E-state index contributed by atoms with van der Waals surface area (Å²) in [6.45, 7) is 0. The van der Waals surface area contributed by atoms with Gasteiger partial charge in [0.05, 0.1) is 0 Å². The van der Waals surface area contributed by atoms with Crippen molar-refractivity contribution in [2.45, 2.75) is 18.9 Å². The number of hydrogen-bond acceptors (Lipinski definition) is 3. The molecule has 0 rings (SSSR count). The molecule has 0 spiro atoms. The van der Waals surface area contributed by atoms with Crippen LogP contribution in [0.1, 0.15) is 14.3 Å². The molecule has 0 amide bonds. The average molecular weight is 227 g/mol. The van der Waals surface area contributed by atoms with Gasteiger partial charge in [-0.1, -0.05) is 0 Å². The predicted octanol–water partition coefficient (Wildman–Crippen LogP) is -3.62. The summed E-state index contributed by atoms with van der Waals surface area (Å²) in [6, 6.07) is -1.06. The fourth-order valence-electron chi connectivity index (χ4n) is 0.402. The third kappa shape index (κ3) is 10.4. The van der Waals surface area contributed by atoms with Crippen LogP contribution in [0.2, 0.25) is 0 Å². The largest absolute Gasteiger partial charge is 1.00 e. The Hall–Kier alpha value is 0.419. The van der Waals surface area contributed by atoms with Crippen molar-refractivity contribution in [1.29, 1.82) is 0 Å². The Morgan fingerprint density at radius 3 is 2.08 bits per heavy atom. The van der Waals surface area contributed by atoms with Gasteiger partial charge in [0.15, 0.2) is 0 Å². The van der Waals surface area contributed by atoms with Crippen molar-refractivity contribution >= 4 is 11.9 Å². The molecule has 0 aromatic rings. The molecule has 0 aliphatic rings. The van der Waals surface area contributed by atoms with E-state index in [0.29, 0.717) is 0 Å². The second-order valence-corrected chi connectivity index (χ2v) is 1.88. The van der Waals surface area contributed by atoms with Gasteiger partial charge in [0.25, 0.3) is 0 Å². The summed E-state index contributed by atoms with van der Waals surface area (Å²) < 4.78 is 0. The van der Waals surface area contributed by atoms with Gasteiger partial charge in [-0.2, -0.15) is 0 Å². The van der Waals surface area contributed by atoms with Crippen molar-refractivity contribution in [3.05, 3.63) is 0 Å². The summed E-state index contributed by atoms with van der Waals surface area (Å²) in [7, 11) is 0. The molecule has 4 N–H and O–H groups in total. The number of aliphatic carboxylic acids is 2. The summed E-state index contributed by atoms with van der Waals surface area (Å²) >= 11 is 0. The fraction of sp³-hybridized carbons (Fsp3) is 0.600. The van der Waals surface area contributed by atoms with E-state index in [9.17, 15) is 9.59 Å². The zero-order valence-electron chi connectivity index (χ0n) is 7.63. The first kappa shape index (κ1) is 18.3. The van der Waals surface area contributed by atoms with Crippen molar-refractivity contribution < 1.29 is 67.9 Å². The second-order valence-electron chi connectivity index (χ2n) is 1.88. The van der Waals surface area contributed by atoms with Gasteiger partial charge in [-0.05, 0) is 6.42 Å². The molecule has 0 radical (unpaired) electrons. The fourth-order valence-corrected chi connectivity index (χ4v) is 0.402. The van der Waals surface area contributed by atoms with E-state index in [1.165, 1.54) is 0 Å².